The number of halogens is 3. The number of aromatic nitrogens is 6. The van der Waals surface area contributed by atoms with Crippen LogP contribution in [0.1, 0.15) is 35.6 Å². The van der Waals surface area contributed by atoms with E-state index in [-0.39, 0.29) is 29.8 Å². The fourth-order valence-corrected chi connectivity index (χ4v) is 4.79. The molecular weight excluding hydrogens is 559 g/mol. The molecule has 0 bridgehead atoms. The van der Waals surface area contributed by atoms with Gasteiger partial charge in [0.15, 0.2) is 0 Å². The van der Waals surface area contributed by atoms with Crippen LogP contribution in [-0.2, 0) is 18.7 Å². The van der Waals surface area contributed by atoms with E-state index >= 15 is 0 Å². The highest BCUT2D eigenvalue weighted by atomic mass is 19.1. The third-order valence-corrected chi connectivity index (χ3v) is 7.28. The summed E-state index contributed by atoms with van der Waals surface area (Å²) >= 11 is 0. The second-order valence-corrected chi connectivity index (χ2v) is 10.1. The second-order valence-electron chi connectivity index (χ2n) is 10.1. The van der Waals surface area contributed by atoms with Gasteiger partial charge in [-0.3, -0.25) is 4.57 Å². The molecule has 1 N–H and O–H groups in total. The standard InChI is InChI=1S/C31H26F3N7O2/c1-21(31(43,17-40-19-36-18-37-40)27-12-9-25(32)14-29(27)34)3-2-4-22-6-10-26(11-7-22)41-30(42)39(20-38-41)16-24-8-5-23(15-35)13-28(24)33/h2,4-14,18-21,43H,3,16-17H2,1H3/b4-2+/t21-,31+/m0/s1. The summed E-state index contributed by atoms with van der Waals surface area (Å²) in [4.78, 5) is 16.8. The Morgan fingerprint density at radius 2 is 1.81 bits per heavy atom. The van der Waals surface area contributed by atoms with E-state index in [2.05, 4.69) is 15.2 Å². The first kappa shape index (κ1) is 29.2. The maximum atomic E-state index is 14.8. The van der Waals surface area contributed by atoms with Crippen LogP contribution in [0.3, 0.4) is 0 Å². The van der Waals surface area contributed by atoms with Gasteiger partial charge in [-0.15, -0.1) is 0 Å². The van der Waals surface area contributed by atoms with E-state index in [0.29, 0.717) is 12.1 Å². The van der Waals surface area contributed by atoms with Crippen LogP contribution in [0.2, 0.25) is 0 Å². The number of aliphatic hydroxyl groups is 1. The van der Waals surface area contributed by atoms with Crippen LogP contribution in [0.15, 0.2) is 90.5 Å². The number of hydrogen-bond donors (Lipinski definition) is 1. The summed E-state index contributed by atoms with van der Waals surface area (Å²) in [5.41, 5.74) is -0.454. The quantitative estimate of drug-likeness (QED) is 0.257. The lowest BCUT2D eigenvalue weighted by Gasteiger charge is -2.34. The molecule has 12 heteroatoms. The van der Waals surface area contributed by atoms with Gasteiger partial charge in [-0.05, 0) is 48.2 Å². The molecule has 0 aliphatic rings. The summed E-state index contributed by atoms with van der Waals surface area (Å²) in [6.07, 6.45) is 8.05. The van der Waals surface area contributed by atoms with Gasteiger partial charge in [0.1, 0.15) is 42.0 Å². The van der Waals surface area contributed by atoms with E-state index in [4.69, 9.17) is 5.26 Å². The van der Waals surface area contributed by atoms with Crippen LogP contribution in [0.5, 0.6) is 0 Å². The predicted octanol–water partition coefficient (Wildman–Crippen LogP) is 4.59. The Labute approximate surface area is 244 Å². The topological polar surface area (TPSA) is 115 Å². The lowest BCUT2D eigenvalue weighted by Crippen LogP contribution is -2.39. The van der Waals surface area contributed by atoms with Gasteiger partial charge >= 0.3 is 5.69 Å². The Hall–Kier alpha value is -5.28. The van der Waals surface area contributed by atoms with Crippen LogP contribution < -0.4 is 5.69 Å². The summed E-state index contributed by atoms with van der Waals surface area (Å²) in [6.45, 7) is 1.64. The lowest BCUT2D eigenvalue weighted by molar-refractivity contribution is -0.0379. The lowest BCUT2D eigenvalue weighted by atomic mass is 9.80. The Bertz CT molecular complexity index is 1860. The zero-order valence-electron chi connectivity index (χ0n) is 23.0. The molecule has 0 fully saturated rings. The smallest absolute Gasteiger partial charge is 0.350 e. The van der Waals surface area contributed by atoms with Crippen molar-refractivity contribution in [3.63, 3.8) is 0 Å². The number of hydrogen-bond acceptors (Lipinski definition) is 6. The van der Waals surface area contributed by atoms with Crippen LogP contribution in [0, 0.1) is 34.7 Å². The summed E-state index contributed by atoms with van der Waals surface area (Å²) < 4.78 is 46.5. The van der Waals surface area contributed by atoms with Crippen molar-refractivity contribution in [2.75, 3.05) is 0 Å². The molecule has 5 rings (SSSR count). The minimum absolute atomic E-state index is 0.0403. The SMILES string of the molecule is C[C@@H](C/C=C/c1ccc(-n2ncn(Cc3ccc(C#N)cc3F)c2=O)cc1)[C@](O)(Cn1cncn1)c1ccc(F)cc1F. The van der Waals surface area contributed by atoms with Crippen molar-refractivity contribution in [2.24, 2.45) is 5.92 Å². The van der Waals surface area contributed by atoms with Crippen molar-refractivity contribution in [3.05, 3.63) is 136 Å². The molecule has 2 atom stereocenters. The highest BCUT2D eigenvalue weighted by Gasteiger charge is 2.38. The van der Waals surface area contributed by atoms with E-state index in [1.807, 2.05) is 18.2 Å². The van der Waals surface area contributed by atoms with Gasteiger partial charge in [0.2, 0.25) is 0 Å². The summed E-state index contributed by atoms with van der Waals surface area (Å²) in [5, 5.41) is 28.7. The maximum Gasteiger partial charge on any atom is 0.350 e. The Balaban J connectivity index is 1.29. The van der Waals surface area contributed by atoms with Crippen LogP contribution in [0.4, 0.5) is 13.2 Å². The normalized spacial score (nSPS) is 13.6. The largest absolute Gasteiger partial charge is 0.383 e. The van der Waals surface area contributed by atoms with E-state index in [9.17, 15) is 23.1 Å². The van der Waals surface area contributed by atoms with Crippen LogP contribution in [0.25, 0.3) is 11.8 Å². The third-order valence-electron chi connectivity index (χ3n) is 7.28. The fourth-order valence-electron chi connectivity index (χ4n) is 4.79. The molecule has 0 radical (unpaired) electrons. The molecule has 3 aromatic carbocycles. The van der Waals surface area contributed by atoms with Gasteiger partial charge in [-0.25, -0.2) is 27.6 Å². The maximum absolute atomic E-state index is 14.8. The molecule has 0 saturated heterocycles. The average Bonchev–Trinajstić information content (AvgIpc) is 3.63. The van der Waals surface area contributed by atoms with E-state index in [1.54, 1.807) is 31.2 Å². The molecule has 0 aliphatic carbocycles. The number of rotatable bonds is 10. The van der Waals surface area contributed by atoms with Crippen LogP contribution in [-0.4, -0.2) is 34.2 Å². The molecule has 5 aromatic rings. The van der Waals surface area contributed by atoms with Gasteiger partial charge in [-0.1, -0.05) is 43.3 Å². The van der Waals surface area contributed by atoms with Gasteiger partial charge in [0, 0.05) is 17.2 Å². The summed E-state index contributed by atoms with van der Waals surface area (Å²) in [6, 6.07) is 16.0. The van der Waals surface area contributed by atoms with Gasteiger partial charge in [-0.2, -0.15) is 20.1 Å². The Morgan fingerprint density at radius 3 is 2.49 bits per heavy atom. The van der Waals surface area contributed by atoms with Gasteiger partial charge in [0.25, 0.3) is 0 Å². The summed E-state index contributed by atoms with van der Waals surface area (Å²) in [7, 11) is 0. The second kappa shape index (κ2) is 12.3. The van der Waals surface area contributed by atoms with Crippen molar-refractivity contribution in [2.45, 2.75) is 32.0 Å². The van der Waals surface area contributed by atoms with Crippen molar-refractivity contribution < 1.29 is 18.3 Å². The number of allylic oxidation sites excluding steroid dienone is 1. The molecule has 0 amide bonds. The Kier molecular flexibility index (Phi) is 8.36. The molecule has 0 spiro atoms. The zero-order chi connectivity index (χ0) is 30.6. The molecule has 43 heavy (non-hydrogen) atoms. The zero-order valence-corrected chi connectivity index (χ0v) is 23.0. The highest BCUT2D eigenvalue weighted by molar-refractivity contribution is 5.51. The van der Waals surface area contributed by atoms with Crippen molar-refractivity contribution in [3.8, 4) is 11.8 Å². The molecule has 218 valence electrons. The average molecular weight is 586 g/mol. The van der Waals surface area contributed by atoms with E-state index in [1.165, 1.54) is 51.1 Å². The molecule has 9 nitrogen and oxygen atoms in total. The highest BCUT2D eigenvalue weighted by Crippen LogP contribution is 2.36. The molecule has 2 heterocycles. The van der Waals surface area contributed by atoms with Crippen molar-refractivity contribution >= 4 is 6.08 Å². The van der Waals surface area contributed by atoms with Crippen LogP contribution >= 0.6 is 0 Å². The van der Waals surface area contributed by atoms with E-state index in [0.717, 1.165) is 23.8 Å². The first-order valence-electron chi connectivity index (χ1n) is 13.3. The number of nitrogens with zero attached hydrogens (tertiary/aromatic N) is 7. The van der Waals surface area contributed by atoms with Gasteiger partial charge in [0.05, 0.1) is 30.4 Å². The first-order valence-corrected chi connectivity index (χ1v) is 13.3. The first-order chi connectivity index (χ1) is 20.7. The predicted molar refractivity (Wildman–Crippen MR) is 151 cm³/mol. The third kappa shape index (κ3) is 6.32. The van der Waals surface area contributed by atoms with Crippen molar-refractivity contribution in [1.82, 2.24) is 29.1 Å². The van der Waals surface area contributed by atoms with E-state index < -0.39 is 34.7 Å². The number of nitriles is 1. The molecular formula is C31H26F3N7O2. The fraction of sp³-hybridized carbons (Fsp3) is 0.194. The molecule has 0 unspecified atom stereocenters. The minimum atomic E-state index is -1.71. The summed E-state index contributed by atoms with van der Waals surface area (Å²) in [5.74, 6) is -2.68. The Morgan fingerprint density at radius 1 is 1.02 bits per heavy atom. The molecule has 0 aliphatic heterocycles. The molecule has 2 aromatic heterocycles. The van der Waals surface area contributed by atoms with Gasteiger partial charge < -0.3 is 5.11 Å². The minimum Gasteiger partial charge on any atom is -0.383 e. The van der Waals surface area contributed by atoms with Crippen molar-refractivity contribution in [1.29, 1.82) is 5.26 Å². The number of benzene rings is 3. The monoisotopic (exact) mass is 585 g/mol. The molecule has 0 saturated carbocycles.